The first-order chi connectivity index (χ1) is 10.6. The number of unbranched alkanes of at least 4 members (excludes halogenated alkanes) is 5. The highest BCUT2D eigenvalue weighted by atomic mass is 16.6. The van der Waals surface area contributed by atoms with Crippen LogP contribution in [-0.2, 0) is 19.1 Å². The van der Waals surface area contributed by atoms with Crippen LogP contribution in [0.5, 0.6) is 0 Å². The Kier molecular flexibility index (Phi) is 11.9. The molecule has 0 aliphatic carbocycles. The number of carbonyl (C=O) groups is 2. The fourth-order valence-corrected chi connectivity index (χ4v) is 2.66. The molecule has 0 aromatic carbocycles. The highest BCUT2D eigenvalue weighted by Gasteiger charge is 2.47. The van der Waals surface area contributed by atoms with Crippen molar-refractivity contribution in [3.8, 4) is 0 Å². The topological polar surface area (TPSA) is 52.6 Å². The predicted molar refractivity (Wildman–Crippen MR) is 88.6 cm³/mol. The van der Waals surface area contributed by atoms with Crippen molar-refractivity contribution in [1.29, 1.82) is 0 Å². The van der Waals surface area contributed by atoms with E-state index in [1.807, 2.05) is 0 Å². The van der Waals surface area contributed by atoms with E-state index in [9.17, 15) is 9.59 Å². The van der Waals surface area contributed by atoms with E-state index in [-0.39, 0.29) is 0 Å². The fraction of sp³-hybridized carbons (Fsp3) is 0.889. The number of rotatable bonds is 13. The Morgan fingerprint density at radius 2 is 1.14 bits per heavy atom. The summed E-state index contributed by atoms with van der Waals surface area (Å²) in [7, 11) is 0. The van der Waals surface area contributed by atoms with E-state index in [0.717, 1.165) is 32.1 Å². The lowest BCUT2D eigenvalue weighted by atomic mass is 9.78. The zero-order valence-corrected chi connectivity index (χ0v) is 14.9. The van der Waals surface area contributed by atoms with Gasteiger partial charge in [0, 0.05) is 0 Å². The molecular weight excluding hydrogens is 280 g/mol. The van der Waals surface area contributed by atoms with E-state index in [4.69, 9.17) is 9.47 Å². The van der Waals surface area contributed by atoms with Gasteiger partial charge in [0.25, 0.3) is 0 Å². The van der Waals surface area contributed by atoms with Gasteiger partial charge in [-0.1, -0.05) is 58.8 Å². The summed E-state index contributed by atoms with van der Waals surface area (Å²) in [6.45, 7) is 8.36. The molecule has 0 aromatic rings. The SMILES string of the molecule is CCCCCCCC(CCCC)(C(=O)OCC)C(=O)OCC. The molecule has 0 heterocycles. The molecule has 0 amide bonds. The molecule has 4 nitrogen and oxygen atoms in total. The van der Waals surface area contributed by atoms with Crippen LogP contribution in [0.2, 0.25) is 0 Å². The van der Waals surface area contributed by atoms with Crippen LogP contribution in [0.15, 0.2) is 0 Å². The van der Waals surface area contributed by atoms with Gasteiger partial charge in [0.15, 0.2) is 5.41 Å². The maximum absolute atomic E-state index is 12.5. The second kappa shape index (κ2) is 12.5. The quantitative estimate of drug-likeness (QED) is 0.282. The van der Waals surface area contributed by atoms with E-state index < -0.39 is 17.4 Å². The summed E-state index contributed by atoms with van der Waals surface area (Å²) in [4.78, 5) is 25.0. The number of esters is 2. The molecule has 0 atom stereocenters. The fourth-order valence-electron chi connectivity index (χ4n) is 2.66. The molecule has 0 aliphatic rings. The van der Waals surface area contributed by atoms with Crippen LogP contribution in [0, 0.1) is 5.41 Å². The highest BCUT2D eigenvalue weighted by molar-refractivity contribution is 6.00. The first-order valence-electron chi connectivity index (χ1n) is 8.93. The lowest BCUT2D eigenvalue weighted by Crippen LogP contribution is -2.42. The Hall–Kier alpha value is -1.06. The van der Waals surface area contributed by atoms with Crippen molar-refractivity contribution >= 4 is 11.9 Å². The van der Waals surface area contributed by atoms with Gasteiger partial charge < -0.3 is 9.47 Å². The van der Waals surface area contributed by atoms with Gasteiger partial charge in [0.05, 0.1) is 13.2 Å². The number of carbonyl (C=O) groups excluding carboxylic acids is 2. The second-order valence-corrected chi connectivity index (χ2v) is 5.79. The van der Waals surface area contributed by atoms with Gasteiger partial charge in [-0.3, -0.25) is 9.59 Å². The molecule has 0 unspecified atom stereocenters. The van der Waals surface area contributed by atoms with E-state index >= 15 is 0 Å². The van der Waals surface area contributed by atoms with E-state index in [1.54, 1.807) is 13.8 Å². The number of ether oxygens (including phenoxy) is 2. The van der Waals surface area contributed by atoms with Crippen molar-refractivity contribution in [3.05, 3.63) is 0 Å². The van der Waals surface area contributed by atoms with Gasteiger partial charge in [0.2, 0.25) is 0 Å². The van der Waals surface area contributed by atoms with Gasteiger partial charge in [-0.15, -0.1) is 0 Å². The molecule has 22 heavy (non-hydrogen) atoms. The summed E-state index contributed by atoms with van der Waals surface area (Å²) in [5, 5.41) is 0. The first kappa shape index (κ1) is 20.9. The van der Waals surface area contributed by atoms with E-state index in [1.165, 1.54) is 12.8 Å². The van der Waals surface area contributed by atoms with Crippen LogP contribution >= 0.6 is 0 Å². The van der Waals surface area contributed by atoms with Crippen molar-refractivity contribution in [1.82, 2.24) is 0 Å². The summed E-state index contributed by atoms with van der Waals surface area (Å²) in [6, 6.07) is 0. The molecule has 0 radical (unpaired) electrons. The maximum Gasteiger partial charge on any atom is 0.323 e. The van der Waals surface area contributed by atoms with Crippen LogP contribution in [0.4, 0.5) is 0 Å². The minimum absolute atomic E-state index is 0.294. The molecule has 0 spiro atoms. The summed E-state index contributed by atoms with van der Waals surface area (Å²) in [6.07, 6.45) is 8.25. The molecule has 4 heteroatoms. The van der Waals surface area contributed by atoms with Crippen molar-refractivity contribution in [2.24, 2.45) is 5.41 Å². The predicted octanol–water partition coefficient (Wildman–Crippen LogP) is 4.65. The molecule has 130 valence electrons. The summed E-state index contributed by atoms with van der Waals surface area (Å²) in [5.41, 5.74) is -1.10. The number of hydrogen-bond acceptors (Lipinski definition) is 4. The average Bonchev–Trinajstić information content (AvgIpc) is 2.50. The normalized spacial score (nSPS) is 11.3. The molecule has 0 rings (SSSR count). The van der Waals surface area contributed by atoms with Gasteiger partial charge in [0.1, 0.15) is 0 Å². The van der Waals surface area contributed by atoms with E-state index in [2.05, 4.69) is 13.8 Å². The molecule has 0 aliphatic heterocycles. The summed E-state index contributed by atoms with van der Waals surface area (Å²) < 4.78 is 10.4. The second-order valence-electron chi connectivity index (χ2n) is 5.79. The molecule has 0 N–H and O–H groups in total. The molecular formula is C18H34O4. The first-order valence-corrected chi connectivity index (χ1v) is 8.93. The molecule has 0 saturated heterocycles. The lowest BCUT2D eigenvalue weighted by molar-refractivity contribution is -0.173. The maximum atomic E-state index is 12.5. The minimum Gasteiger partial charge on any atom is -0.465 e. The van der Waals surface area contributed by atoms with Crippen molar-refractivity contribution in [2.45, 2.75) is 85.5 Å². The smallest absolute Gasteiger partial charge is 0.323 e. The van der Waals surface area contributed by atoms with Gasteiger partial charge in [-0.2, -0.15) is 0 Å². The Bertz CT molecular complexity index is 294. The Morgan fingerprint density at radius 3 is 1.59 bits per heavy atom. The number of hydrogen-bond donors (Lipinski definition) is 0. The standard InChI is InChI=1S/C18H34O4/c1-5-9-11-12-13-15-18(14-10-6-2,16(19)21-7-3)17(20)22-8-4/h5-15H2,1-4H3. The summed E-state index contributed by atoms with van der Waals surface area (Å²) in [5.74, 6) is -0.810. The van der Waals surface area contributed by atoms with Gasteiger partial charge in [-0.05, 0) is 26.7 Å². The molecule has 0 bridgehead atoms. The molecule has 0 aromatic heterocycles. The van der Waals surface area contributed by atoms with E-state index in [0.29, 0.717) is 26.1 Å². The minimum atomic E-state index is -1.10. The zero-order valence-electron chi connectivity index (χ0n) is 14.9. The third kappa shape index (κ3) is 6.80. The average molecular weight is 314 g/mol. The van der Waals surface area contributed by atoms with Crippen LogP contribution in [0.3, 0.4) is 0 Å². The van der Waals surface area contributed by atoms with Gasteiger partial charge in [-0.25, -0.2) is 0 Å². The Balaban J connectivity index is 4.99. The largest absolute Gasteiger partial charge is 0.465 e. The van der Waals surface area contributed by atoms with Crippen LogP contribution in [0.25, 0.3) is 0 Å². The van der Waals surface area contributed by atoms with Crippen molar-refractivity contribution in [2.75, 3.05) is 13.2 Å². The van der Waals surface area contributed by atoms with Crippen LogP contribution in [0.1, 0.15) is 85.5 Å². The third-order valence-corrected chi connectivity index (χ3v) is 4.00. The van der Waals surface area contributed by atoms with Crippen molar-refractivity contribution < 1.29 is 19.1 Å². The molecule has 0 saturated carbocycles. The van der Waals surface area contributed by atoms with Crippen molar-refractivity contribution in [3.63, 3.8) is 0 Å². The monoisotopic (exact) mass is 314 g/mol. The van der Waals surface area contributed by atoms with Crippen LogP contribution < -0.4 is 0 Å². The van der Waals surface area contributed by atoms with Crippen LogP contribution in [-0.4, -0.2) is 25.2 Å². The zero-order chi connectivity index (χ0) is 16.8. The highest BCUT2D eigenvalue weighted by Crippen LogP contribution is 2.35. The lowest BCUT2D eigenvalue weighted by Gasteiger charge is -2.29. The third-order valence-electron chi connectivity index (χ3n) is 4.00. The van der Waals surface area contributed by atoms with Gasteiger partial charge >= 0.3 is 11.9 Å². The molecule has 0 fully saturated rings. The Labute approximate surface area is 135 Å². The Morgan fingerprint density at radius 1 is 0.682 bits per heavy atom. The summed E-state index contributed by atoms with van der Waals surface area (Å²) >= 11 is 0.